The molecule has 27 heavy (non-hydrogen) atoms. The van der Waals surface area contributed by atoms with E-state index in [1.165, 1.54) is 11.1 Å². The fraction of sp³-hybridized carbons (Fsp3) is 0.381. The molecule has 1 amide bonds. The van der Waals surface area contributed by atoms with Crippen LogP contribution in [-0.2, 0) is 17.8 Å². The maximum atomic E-state index is 12.1. The zero-order valence-electron chi connectivity index (χ0n) is 15.2. The topological polar surface area (TPSA) is 32.3 Å². The summed E-state index contributed by atoms with van der Waals surface area (Å²) in [5, 5.41) is 4.71. The normalized spacial score (nSPS) is 17.6. The van der Waals surface area contributed by atoms with Crippen molar-refractivity contribution in [1.82, 2.24) is 10.2 Å². The van der Waals surface area contributed by atoms with Crippen LogP contribution in [0.3, 0.4) is 0 Å². The summed E-state index contributed by atoms with van der Waals surface area (Å²) in [5.41, 5.74) is 2.37. The van der Waals surface area contributed by atoms with Gasteiger partial charge in [-0.1, -0.05) is 59.6 Å². The first-order valence-corrected chi connectivity index (χ1v) is 11.0. The molecule has 144 valence electrons. The number of carbonyl (C=O) groups is 1. The Hall–Kier alpha value is -1.20. The predicted molar refractivity (Wildman–Crippen MR) is 116 cm³/mol. The Balaban J connectivity index is 1.41. The lowest BCUT2D eigenvalue weighted by molar-refractivity contribution is -0.121. The van der Waals surface area contributed by atoms with Gasteiger partial charge in [0.2, 0.25) is 5.91 Å². The van der Waals surface area contributed by atoms with Crippen molar-refractivity contribution in [2.45, 2.75) is 24.6 Å². The van der Waals surface area contributed by atoms with Crippen molar-refractivity contribution in [2.24, 2.45) is 0 Å². The standard InChI is InChI=1S/C21H24Cl2N2OS/c22-19-8-6-17(12-20(19)23)14-25-10-11-27-18(15-25)13-24-21(26)9-7-16-4-2-1-3-5-16/h1-6,8,12,18H,7,9-11,13-15H2,(H,24,26). The van der Waals surface area contributed by atoms with Crippen LogP contribution >= 0.6 is 35.0 Å². The third-order valence-corrected chi connectivity index (χ3v) is 6.57. The van der Waals surface area contributed by atoms with Crippen LogP contribution in [0.4, 0.5) is 0 Å². The summed E-state index contributed by atoms with van der Waals surface area (Å²) in [4.78, 5) is 14.6. The number of thioether (sulfide) groups is 1. The number of nitrogens with one attached hydrogen (secondary N) is 1. The van der Waals surface area contributed by atoms with E-state index in [0.29, 0.717) is 21.7 Å². The van der Waals surface area contributed by atoms with Gasteiger partial charge in [0, 0.05) is 43.6 Å². The van der Waals surface area contributed by atoms with Crippen LogP contribution in [0.25, 0.3) is 0 Å². The number of nitrogens with zero attached hydrogens (tertiary/aromatic N) is 1. The maximum absolute atomic E-state index is 12.1. The molecule has 1 atom stereocenters. The average molecular weight is 423 g/mol. The van der Waals surface area contributed by atoms with Gasteiger partial charge in [-0.2, -0.15) is 11.8 Å². The van der Waals surface area contributed by atoms with Gasteiger partial charge in [-0.15, -0.1) is 0 Å². The first-order valence-electron chi connectivity index (χ1n) is 9.18. The molecule has 0 saturated carbocycles. The molecule has 2 aromatic carbocycles. The molecule has 3 rings (SSSR count). The molecule has 1 N–H and O–H groups in total. The van der Waals surface area contributed by atoms with Gasteiger partial charge in [-0.25, -0.2) is 0 Å². The molecule has 1 fully saturated rings. The van der Waals surface area contributed by atoms with Crippen molar-refractivity contribution >= 4 is 40.9 Å². The molecule has 1 aliphatic heterocycles. The fourth-order valence-corrected chi connectivity index (χ4v) is 4.70. The number of hydrogen-bond acceptors (Lipinski definition) is 3. The third-order valence-electron chi connectivity index (χ3n) is 4.62. The Morgan fingerprint density at radius 3 is 2.70 bits per heavy atom. The molecule has 3 nitrogen and oxygen atoms in total. The highest BCUT2D eigenvalue weighted by atomic mass is 35.5. The minimum absolute atomic E-state index is 0.126. The second-order valence-electron chi connectivity index (χ2n) is 6.77. The summed E-state index contributed by atoms with van der Waals surface area (Å²) in [6.45, 7) is 3.58. The van der Waals surface area contributed by atoms with Crippen LogP contribution in [-0.4, -0.2) is 41.4 Å². The molecule has 0 spiro atoms. The zero-order chi connectivity index (χ0) is 19.1. The Morgan fingerprint density at radius 2 is 1.93 bits per heavy atom. The minimum atomic E-state index is 0.126. The van der Waals surface area contributed by atoms with Crippen LogP contribution in [0.5, 0.6) is 0 Å². The maximum Gasteiger partial charge on any atom is 0.220 e. The highest BCUT2D eigenvalue weighted by Crippen LogP contribution is 2.25. The van der Waals surface area contributed by atoms with Gasteiger partial charge in [0.05, 0.1) is 10.0 Å². The molecule has 1 aliphatic rings. The van der Waals surface area contributed by atoms with E-state index < -0.39 is 0 Å². The summed E-state index contributed by atoms with van der Waals surface area (Å²) in [6.07, 6.45) is 1.32. The smallest absolute Gasteiger partial charge is 0.220 e. The van der Waals surface area contributed by atoms with Crippen LogP contribution in [0, 0.1) is 0 Å². The van der Waals surface area contributed by atoms with Crippen LogP contribution in [0.2, 0.25) is 10.0 Å². The summed E-state index contributed by atoms with van der Waals surface area (Å²) in [5.74, 6) is 1.20. The van der Waals surface area contributed by atoms with Gasteiger partial charge in [0.1, 0.15) is 0 Å². The lowest BCUT2D eigenvalue weighted by Crippen LogP contribution is -2.43. The first kappa shape index (κ1) is 20.5. The summed E-state index contributed by atoms with van der Waals surface area (Å²) >= 11 is 14.0. The molecule has 2 aromatic rings. The largest absolute Gasteiger partial charge is 0.355 e. The molecule has 6 heteroatoms. The average Bonchev–Trinajstić information content (AvgIpc) is 2.69. The van der Waals surface area contributed by atoms with E-state index in [-0.39, 0.29) is 5.91 Å². The number of hydrogen-bond donors (Lipinski definition) is 1. The third kappa shape index (κ3) is 6.72. The quantitative estimate of drug-likeness (QED) is 0.703. The molecule has 1 heterocycles. The molecular weight excluding hydrogens is 399 g/mol. The van der Waals surface area contributed by atoms with Gasteiger partial charge < -0.3 is 5.32 Å². The highest BCUT2D eigenvalue weighted by Gasteiger charge is 2.21. The number of carbonyl (C=O) groups excluding carboxylic acids is 1. The second kappa shape index (κ2) is 10.4. The fourth-order valence-electron chi connectivity index (χ4n) is 3.16. The second-order valence-corrected chi connectivity index (χ2v) is 8.99. The lowest BCUT2D eigenvalue weighted by atomic mass is 10.1. The van der Waals surface area contributed by atoms with E-state index in [1.807, 2.05) is 48.2 Å². The van der Waals surface area contributed by atoms with E-state index in [0.717, 1.165) is 38.4 Å². The number of benzene rings is 2. The molecule has 1 unspecified atom stereocenters. The Kier molecular flexibility index (Phi) is 7.89. The summed E-state index contributed by atoms with van der Waals surface area (Å²) in [6, 6.07) is 15.9. The van der Waals surface area contributed by atoms with Crippen molar-refractivity contribution in [3.05, 3.63) is 69.7 Å². The molecule has 1 saturated heterocycles. The predicted octanol–water partition coefficient (Wildman–Crippen LogP) is 4.66. The number of aryl methyl sites for hydroxylation is 1. The number of amides is 1. The van der Waals surface area contributed by atoms with Gasteiger partial charge in [0.25, 0.3) is 0 Å². The first-order chi connectivity index (χ1) is 13.1. The van der Waals surface area contributed by atoms with Gasteiger partial charge >= 0.3 is 0 Å². The van der Waals surface area contributed by atoms with E-state index in [1.54, 1.807) is 0 Å². The number of halogens is 2. The summed E-state index contributed by atoms with van der Waals surface area (Å²) < 4.78 is 0. The molecule has 0 radical (unpaired) electrons. The van der Waals surface area contributed by atoms with Crippen molar-refractivity contribution in [3.63, 3.8) is 0 Å². The lowest BCUT2D eigenvalue weighted by Gasteiger charge is -2.32. The minimum Gasteiger partial charge on any atom is -0.355 e. The van der Waals surface area contributed by atoms with E-state index in [4.69, 9.17) is 23.2 Å². The molecular formula is C21H24Cl2N2OS. The molecule has 0 bridgehead atoms. The highest BCUT2D eigenvalue weighted by molar-refractivity contribution is 8.00. The Morgan fingerprint density at radius 1 is 1.11 bits per heavy atom. The Bertz CT molecular complexity index is 757. The SMILES string of the molecule is O=C(CCc1ccccc1)NCC1CN(Cc2ccc(Cl)c(Cl)c2)CCS1. The molecule has 0 aromatic heterocycles. The van der Waals surface area contributed by atoms with Crippen molar-refractivity contribution < 1.29 is 4.79 Å². The van der Waals surface area contributed by atoms with Gasteiger partial charge in [0.15, 0.2) is 0 Å². The van der Waals surface area contributed by atoms with Crippen LogP contribution in [0.1, 0.15) is 17.5 Å². The van der Waals surface area contributed by atoms with E-state index in [2.05, 4.69) is 22.3 Å². The number of rotatable bonds is 7. The monoisotopic (exact) mass is 422 g/mol. The molecule has 0 aliphatic carbocycles. The van der Waals surface area contributed by atoms with Crippen LogP contribution < -0.4 is 5.32 Å². The van der Waals surface area contributed by atoms with Crippen molar-refractivity contribution in [3.8, 4) is 0 Å². The van der Waals surface area contributed by atoms with E-state index in [9.17, 15) is 4.79 Å². The zero-order valence-corrected chi connectivity index (χ0v) is 17.5. The van der Waals surface area contributed by atoms with Gasteiger partial charge in [-0.3, -0.25) is 9.69 Å². The van der Waals surface area contributed by atoms with Crippen molar-refractivity contribution in [2.75, 3.05) is 25.4 Å². The van der Waals surface area contributed by atoms with Crippen LogP contribution in [0.15, 0.2) is 48.5 Å². The Labute approximate surface area is 175 Å². The van der Waals surface area contributed by atoms with Crippen molar-refractivity contribution in [1.29, 1.82) is 0 Å². The summed E-state index contributed by atoms with van der Waals surface area (Å²) in [7, 11) is 0. The van der Waals surface area contributed by atoms with E-state index >= 15 is 0 Å². The van der Waals surface area contributed by atoms with Gasteiger partial charge in [-0.05, 0) is 29.7 Å².